The van der Waals surface area contributed by atoms with E-state index in [4.69, 9.17) is 0 Å². The van der Waals surface area contributed by atoms with Gasteiger partial charge in [0.05, 0.1) is 5.97 Å². The Bertz CT molecular complexity index is 418. The fourth-order valence-corrected chi connectivity index (χ4v) is 4.18. The Balaban J connectivity index is 0. The molecule has 184 valence electrons. The largest absolute Gasteiger partial charge is 1.00 e. The van der Waals surface area contributed by atoms with Crippen molar-refractivity contribution < 1.29 is 44.3 Å². The van der Waals surface area contributed by atoms with Crippen molar-refractivity contribution >= 4 is 11.8 Å². The Kier molecular flexibility index (Phi) is 29.3. The van der Waals surface area contributed by atoms with Crippen molar-refractivity contribution in [1.82, 2.24) is 4.90 Å². The van der Waals surface area contributed by atoms with E-state index in [2.05, 4.69) is 6.92 Å². The predicted molar refractivity (Wildman–Crippen MR) is 130 cm³/mol. The van der Waals surface area contributed by atoms with Crippen molar-refractivity contribution in [3.8, 4) is 0 Å². The summed E-state index contributed by atoms with van der Waals surface area (Å²) in [7, 11) is 1.83. The molecule has 0 aliphatic rings. The van der Waals surface area contributed by atoms with Gasteiger partial charge in [-0.2, -0.15) is 0 Å². The third-order valence-corrected chi connectivity index (χ3v) is 6.20. The van der Waals surface area contributed by atoms with Gasteiger partial charge in [-0.1, -0.05) is 110 Å². The van der Waals surface area contributed by atoms with E-state index in [1.165, 1.54) is 103 Å². The van der Waals surface area contributed by atoms with Crippen LogP contribution in [-0.4, -0.2) is 36.8 Å². The molecule has 32 heavy (non-hydrogen) atoms. The number of aliphatic carboxylic acids is 1. The number of likely N-dealkylation sites (N-methyl/N-ethyl adjacent to an activating group) is 1. The quantitative estimate of drug-likeness (QED) is 0.154. The van der Waals surface area contributed by atoms with E-state index >= 15 is 0 Å². The number of carbonyl (C=O) groups is 2. The average molecular weight is 462 g/mol. The second-order valence-electron chi connectivity index (χ2n) is 9.51. The van der Waals surface area contributed by atoms with Crippen molar-refractivity contribution in [3.05, 3.63) is 0 Å². The van der Waals surface area contributed by atoms with Gasteiger partial charge in [-0.05, 0) is 32.9 Å². The molecule has 0 aliphatic carbocycles. The maximum Gasteiger partial charge on any atom is 1.00 e. The Morgan fingerprint density at radius 2 is 0.938 bits per heavy atom. The minimum absolute atomic E-state index is 0. The second-order valence-corrected chi connectivity index (χ2v) is 9.51. The number of nitrogens with zero attached hydrogens (tertiary/aromatic N) is 1. The minimum atomic E-state index is -0.995. The zero-order valence-corrected chi connectivity index (χ0v) is 23.9. The van der Waals surface area contributed by atoms with Crippen LogP contribution in [0.3, 0.4) is 0 Å². The summed E-state index contributed by atoms with van der Waals surface area (Å²) < 4.78 is 0. The monoisotopic (exact) mass is 461 g/mol. The average Bonchev–Trinajstić information content (AvgIpc) is 2.72. The molecule has 0 saturated carbocycles. The van der Waals surface area contributed by atoms with Crippen LogP contribution < -0.4 is 34.7 Å². The van der Waals surface area contributed by atoms with Crippen molar-refractivity contribution in [3.63, 3.8) is 0 Å². The van der Waals surface area contributed by atoms with E-state index in [9.17, 15) is 14.7 Å². The number of carboxylic acids is 1. The number of carbonyl (C=O) groups excluding carboxylic acids is 2. The van der Waals surface area contributed by atoms with Gasteiger partial charge in [0.25, 0.3) is 0 Å². The summed E-state index contributed by atoms with van der Waals surface area (Å²) in [6.07, 6.45) is 25.6. The molecule has 0 aliphatic heterocycles. The Labute approximate surface area is 222 Å². The fraction of sp³-hybridized carbons (Fsp3) is 0.926. The van der Waals surface area contributed by atoms with E-state index in [0.29, 0.717) is 5.78 Å². The summed E-state index contributed by atoms with van der Waals surface area (Å²) >= 11 is 0. The summed E-state index contributed by atoms with van der Waals surface area (Å²) in [6, 6.07) is 0. The Morgan fingerprint density at radius 1 is 0.594 bits per heavy atom. The van der Waals surface area contributed by atoms with Gasteiger partial charge in [-0.25, -0.2) is 0 Å². The first-order valence-electron chi connectivity index (χ1n) is 13.5. The third kappa shape index (κ3) is 28.1. The van der Waals surface area contributed by atoms with E-state index in [1.807, 2.05) is 11.9 Å². The summed E-state index contributed by atoms with van der Waals surface area (Å²) in [5.74, 6) is -0.515. The summed E-state index contributed by atoms with van der Waals surface area (Å²) in [5, 5.41) is 10.5. The molecule has 0 aromatic rings. The molecule has 0 rings (SSSR count). The van der Waals surface area contributed by atoms with Crippen LogP contribution in [0, 0.1) is 0 Å². The number of carboxylic acid groups (broad SMARTS) is 1. The van der Waals surface area contributed by atoms with Gasteiger partial charge in [0.15, 0.2) is 0 Å². The van der Waals surface area contributed by atoms with E-state index in [-0.39, 0.29) is 36.1 Å². The van der Waals surface area contributed by atoms with Crippen LogP contribution in [0.4, 0.5) is 0 Å². The van der Waals surface area contributed by atoms with Crippen LogP contribution in [0.2, 0.25) is 0 Å². The van der Waals surface area contributed by atoms with Crippen molar-refractivity contribution in [2.45, 2.75) is 142 Å². The molecular formula is C27H52NNaO3. The summed E-state index contributed by atoms with van der Waals surface area (Å²) in [6.45, 7) is 3.13. The van der Waals surface area contributed by atoms with Gasteiger partial charge in [0.2, 0.25) is 0 Å². The first-order chi connectivity index (χ1) is 15.1. The normalized spacial score (nSPS) is 11.0. The van der Waals surface area contributed by atoms with Gasteiger partial charge >= 0.3 is 29.6 Å². The molecule has 0 aromatic heterocycles. The standard InChI is InChI=1S/C27H53NO3.Na/c1-3-4-5-6-7-10-13-16-19-22-26(29)23-20-17-14-11-8-9-12-15-18-21-24-28(2)25-27(30)31;/h3-25H2,1-2H3,(H,30,31);/q;+1/p-1. The molecule has 0 unspecified atom stereocenters. The minimum Gasteiger partial charge on any atom is -0.549 e. The SMILES string of the molecule is CCCCCCCCCCCC(=O)CCCCCCCCCCCCN(C)CC(=O)[O-].[Na+]. The van der Waals surface area contributed by atoms with Crippen LogP contribution in [0.5, 0.6) is 0 Å². The molecular weight excluding hydrogens is 409 g/mol. The molecule has 0 fully saturated rings. The summed E-state index contributed by atoms with van der Waals surface area (Å²) in [4.78, 5) is 24.3. The van der Waals surface area contributed by atoms with Crippen LogP contribution >= 0.6 is 0 Å². The molecule has 0 atom stereocenters. The molecule has 0 spiro atoms. The topological polar surface area (TPSA) is 60.4 Å². The summed E-state index contributed by atoms with van der Waals surface area (Å²) in [5.41, 5.74) is 0. The van der Waals surface area contributed by atoms with Gasteiger partial charge < -0.3 is 14.8 Å². The van der Waals surface area contributed by atoms with Gasteiger partial charge in [-0.3, -0.25) is 4.79 Å². The van der Waals surface area contributed by atoms with Gasteiger partial charge in [0, 0.05) is 19.4 Å². The number of hydrogen-bond acceptors (Lipinski definition) is 4. The molecule has 0 radical (unpaired) electrons. The second kappa shape index (κ2) is 27.3. The van der Waals surface area contributed by atoms with E-state index in [1.54, 1.807) is 0 Å². The van der Waals surface area contributed by atoms with Gasteiger partial charge in [0.1, 0.15) is 5.78 Å². The van der Waals surface area contributed by atoms with Crippen LogP contribution in [0.1, 0.15) is 142 Å². The Morgan fingerprint density at radius 3 is 1.31 bits per heavy atom. The molecule has 0 bridgehead atoms. The smallest absolute Gasteiger partial charge is 0.549 e. The third-order valence-electron chi connectivity index (χ3n) is 6.20. The van der Waals surface area contributed by atoms with Gasteiger partial charge in [-0.15, -0.1) is 0 Å². The van der Waals surface area contributed by atoms with E-state index < -0.39 is 5.97 Å². The van der Waals surface area contributed by atoms with Crippen LogP contribution in [0.25, 0.3) is 0 Å². The molecule has 5 heteroatoms. The van der Waals surface area contributed by atoms with Crippen LogP contribution in [-0.2, 0) is 9.59 Å². The molecule has 0 saturated heterocycles. The molecule has 0 heterocycles. The van der Waals surface area contributed by atoms with Crippen molar-refractivity contribution in [1.29, 1.82) is 0 Å². The molecule has 0 amide bonds. The van der Waals surface area contributed by atoms with Crippen molar-refractivity contribution in [2.75, 3.05) is 20.1 Å². The maximum absolute atomic E-state index is 12.0. The number of Topliss-reactive ketones (excluding diaryl/α,β-unsaturated/α-hetero) is 1. The predicted octanol–water partition coefficient (Wildman–Crippen LogP) is 3.45. The Hall–Kier alpha value is 0.100. The molecule has 0 aromatic carbocycles. The number of rotatable bonds is 25. The number of unbranched alkanes of at least 4 members (excludes halogenated alkanes) is 17. The molecule has 4 nitrogen and oxygen atoms in total. The first kappa shape index (κ1) is 34.3. The number of hydrogen-bond donors (Lipinski definition) is 0. The van der Waals surface area contributed by atoms with Crippen LogP contribution in [0.15, 0.2) is 0 Å². The maximum atomic E-state index is 12.0. The zero-order valence-electron chi connectivity index (χ0n) is 21.9. The van der Waals surface area contributed by atoms with E-state index in [0.717, 1.165) is 38.6 Å². The molecule has 0 N–H and O–H groups in total. The zero-order chi connectivity index (χ0) is 23.0. The fourth-order valence-electron chi connectivity index (χ4n) is 4.18. The first-order valence-corrected chi connectivity index (χ1v) is 13.5. The number of ketones is 1. The van der Waals surface area contributed by atoms with Crippen molar-refractivity contribution in [2.24, 2.45) is 0 Å².